The lowest BCUT2D eigenvalue weighted by Gasteiger charge is -2.35. The van der Waals surface area contributed by atoms with Crippen molar-refractivity contribution in [2.24, 2.45) is 11.7 Å². The fraction of sp³-hybridized carbons (Fsp3) is 1.00. The van der Waals surface area contributed by atoms with Crippen LogP contribution in [0.1, 0.15) is 52.9 Å². The Kier molecular flexibility index (Phi) is 5.62. The lowest BCUT2D eigenvalue weighted by molar-refractivity contribution is 0.138. The largest absolute Gasteiger partial charge is 0.329 e. The summed E-state index contributed by atoms with van der Waals surface area (Å²) in [5.74, 6) is 0.757. The summed E-state index contributed by atoms with van der Waals surface area (Å²) in [4.78, 5) is 2.68. The van der Waals surface area contributed by atoms with Gasteiger partial charge in [-0.2, -0.15) is 0 Å². The molecule has 2 heteroatoms. The number of nitrogens with two attached hydrogens (primary N) is 1. The molecule has 0 aliphatic heterocycles. The molecule has 2 N–H and O–H groups in total. The third-order valence-electron chi connectivity index (χ3n) is 3.57. The highest BCUT2D eigenvalue weighted by Gasteiger charge is 2.34. The minimum Gasteiger partial charge on any atom is -0.329 e. The average Bonchev–Trinajstić information content (AvgIpc) is 3.01. The molecular formula is C13H28N2. The number of rotatable bonds is 8. The Hall–Kier alpha value is -0.0800. The van der Waals surface area contributed by atoms with Crippen LogP contribution in [0.25, 0.3) is 0 Å². The summed E-state index contributed by atoms with van der Waals surface area (Å²) in [6.45, 7) is 8.98. The normalized spacial score (nSPS) is 20.6. The third kappa shape index (κ3) is 3.76. The molecule has 0 spiro atoms. The quantitative estimate of drug-likeness (QED) is 0.670. The number of nitrogens with zero attached hydrogens (tertiary/aromatic N) is 1. The summed E-state index contributed by atoms with van der Waals surface area (Å²) in [7, 11) is 0. The molecule has 2 nitrogen and oxygen atoms in total. The second-order valence-electron chi connectivity index (χ2n) is 5.04. The first-order valence-corrected chi connectivity index (χ1v) is 6.70. The van der Waals surface area contributed by atoms with E-state index >= 15 is 0 Å². The van der Waals surface area contributed by atoms with Crippen LogP contribution < -0.4 is 5.73 Å². The van der Waals surface area contributed by atoms with Crippen molar-refractivity contribution in [3.8, 4) is 0 Å². The molecular weight excluding hydrogens is 184 g/mol. The van der Waals surface area contributed by atoms with Gasteiger partial charge in [-0.15, -0.1) is 0 Å². The molecule has 0 radical (unpaired) electrons. The zero-order valence-corrected chi connectivity index (χ0v) is 10.7. The van der Waals surface area contributed by atoms with Gasteiger partial charge < -0.3 is 5.73 Å². The van der Waals surface area contributed by atoms with Crippen molar-refractivity contribution in [2.75, 3.05) is 13.1 Å². The minimum absolute atomic E-state index is 0.623. The van der Waals surface area contributed by atoms with E-state index in [1.165, 1.54) is 38.6 Å². The predicted molar refractivity (Wildman–Crippen MR) is 66.9 cm³/mol. The Morgan fingerprint density at radius 1 is 1.27 bits per heavy atom. The van der Waals surface area contributed by atoms with Crippen LogP contribution in [0.2, 0.25) is 0 Å². The Bertz CT molecular complexity index is 166. The first kappa shape index (κ1) is 13.0. The van der Waals surface area contributed by atoms with E-state index in [0.29, 0.717) is 6.04 Å². The summed E-state index contributed by atoms with van der Waals surface area (Å²) in [5.41, 5.74) is 5.96. The second-order valence-corrected chi connectivity index (χ2v) is 5.04. The van der Waals surface area contributed by atoms with Gasteiger partial charge in [-0.25, -0.2) is 0 Å². The summed E-state index contributed by atoms with van der Waals surface area (Å²) in [5, 5.41) is 0. The number of hydrogen-bond acceptors (Lipinski definition) is 2. The van der Waals surface area contributed by atoms with Crippen LogP contribution in [0.15, 0.2) is 0 Å². The fourth-order valence-corrected chi connectivity index (χ4v) is 2.63. The van der Waals surface area contributed by atoms with E-state index in [2.05, 4.69) is 25.7 Å². The first-order valence-electron chi connectivity index (χ1n) is 6.70. The monoisotopic (exact) mass is 212 g/mol. The summed E-state index contributed by atoms with van der Waals surface area (Å²) in [6.07, 6.45) is 6.65. The van der Waals surface area contributed by atoms with E-state index in [4.69, 9.17) is 5.73 Å². The van der Waals surface area contributed by atoms with Gasteiger partial charge in [-0.3, -0.25) is 4.90 Å². The highest BCUT2D eigenvalue weighted by Crippen LogP contribution is 2.31. The van der Waals surface area contributed by atoms with Crippen LogP contribution in [0, 0.1) is 5.92 Å². The van der Waals surface area contributed by atoms with Crippen molar-refractivity contribution in [1.29, 1.82) is 0 Å². The van der Waals surface area contributed by atoms with Crippen LogP contribution in [0.3, 0.4) is 0 Å². The molecule has 0 amide bonds. The third-order valence-corrected chi connectivity index (χ3v) is 3.57. The molecule has 0 aromatic heterocycles. The van der Waals surface area contributed by atoms with E-state index in [9.17, 15) is 0 Å². The van der Waals surface area contributed by atoms with Crippen molar-refractivity contribution in [3.63, 3.8) is 0 Å². The van der Waals surface area contributed by atoms with Gasteiger partial charge in [0.25, 0.3) is 0 Å². The van der Waals surface area contributed by atoms with Crippen molar-refractivity contribution in [3.05, 3.63) is 0 Å². The number of hydrogen-bond donors (Lipinski definition) is 1. The molecule has 2 atom stereocenters. The fourth-order valence-electron chi connectivity index (χ4n) is 2.63. The Labute approximate surface area is 95.2 Å². The van der Waals surface area contributed by atoms with Gasteiger partial charge in [0.1, 0.15) is 0 Å². The first-order chi connectivity index (χ1) is 7.24. The average molecular weight is 212 g/mol. The van der Waals surface area contributed by atoms with E-state index in [-0.39, 0.29) is 0 Å². The zero-order chi connectivity index (χ0) is 11.3. The van der Waals surface area contributed by atoms with E-state index < -0.39 is 0 Å². The minimum atomic E-state index is 0.623. The van der Waals surface area contributed by atoms with Crippen LogP contribution in [-0.4, -0.2) is 30.1 Å². The Morgan fingerprint density at radius 3 is 2.33 bits per heavy atom. The molecule has 1 saturated carbocycles. The lowest BCUT2D eigenvalue weighted by Crippen LogP contribution is -2.46. The Balaban J connectivity index is 2.51. The second kappa shape index (κ2) is 6.49. The standard InChI is InChI=1S/C13H28N2/c1-4-6-11(3)13(10-14)15(9-5-2)12-7-8-12/h11-13H,4-10,14H2,1-3H3. The van der Waals surface area contributed by atoms with Gasteiger partial charge >= 0.3 is 0 Å². The molecule has 1 aliphatic rings. The van der Waals surface area contributed by atoms with Gasteiger partial charge in [-0.05, 0) is 38.1 Å². The van der Waals surface area contributed by atoms with Gasteiger partial charge in [0.05, 0.1) is 0 Å². The molecule has 90 valence electrons. The zero-order valence-electron chi connectivity index (χ0n) is 10.7. The van der Waals surface area contributed by atoms with Crippen molar-refractivity contribution in [1.82, 2.24) is 4.90 Å². The summed E-state index contributed by atoms with van der Waals surface area (Å²) < 4.78 is 0. The van der Waals surface area contributed by atoms with E-state index in [1.54, 1.807) is 0 Å². The highest BCUT2D eigenvalue weighted by molar-refractivity contribution is 4.90. The summed E-state index contributed by atoms with van der Waals surface area (Å²) in [6, 6.07) is 1.48. The smallest absolute Gasteiger partial charge is 0.0246 e. The molecule has 0 bridgehead atoms. The van der Waals surface area contributed by atoms with E-state index in [0.717, 1.165) is 18.5 Å². The van der Waals surface area contributed by atoms with Crippen LogP contribution in [0.5, 0.6) is 0 Å². The van der Waals surface area contributed by atoms with Gasteiger partial charge in [0.15, 0.2) is 0 Å². The van der Waals surface area contributed by atoms with Crippen LogP contribution >= 0.6 is 0 Å². The predicted octanol–water partition coefficient (Wildman–Crippen LogP) is 2.62. The molecule has 1 aliphatic carbocycles. The molecule has 1 rings (SSSR count). The summed E-state index contributed by atoms with van der Waals surface area (Å²) >= 11 is 0. The molecule has 15 heavy (non-hydrogen) atoms. The maximum absolute atomic E-state index is 5.96. The van der Waals surface area contributed by atoms with Crippen molar-refractivity contribution < 1.29 is 0 Å². The van der Waals surface area contributed by atoms with Gasteiger partial charge in [0, 0.05) is 18.6 Å². The Morgan fingerprint density at radius 2 is 1.93 bits per heavy atom. The van der Waals surface area contributed by atoms with Gasteiger partial charge in [0.2, 0.25) is 0 Å². The van der Waals surface area contributed by atoms with E-state index in [1.807, 2.05) is 0 Å². The van der Waals surface area contributed by atoms with Crippen molar-refractivity contribution in [2.45, 2.75) is 65.0 Å². The van der Waals surface area contributed by atoms with Crippen molar-refractivity contribution >= 4 is 0 Å². The lowest BCUT2D eigenvalue weighted by atomic mass is 9.95. The van der Waals surface area contributed by atoms with Crippen LogP contribution in [-0.2, 0) is 0 Å². The molecule has 0 aromatic carbocycles. The topological polar surface area (TPSA) is 29.3 Å². The molecule has 2 unspecified atom stereocenters. The highest BCUT2D eigenvalue weighted by atomic mass is 15.2. The maximum atomic E-state index is 5.96. The van der Waals surface area contributed by atoms with Crippen LogP contribution in [0.4, 0.5) is 0 Å². The SMILES string of the molecule is CCCC(C)C(CN)N(CCC)C1CC1. The molecule has 1 fully saturated rings. The molecule has 0 aromatic rings. The molecule has 0 heterocycles. The molecule has 0 saturated heterocycles. The van der Waals surface area contributed by atoms with Gasteiger partial charge in [-0.1, -0.05) is 27.2 Å². The maximum Gasteiger partial charge on any atom is 0.0246 e.